The molecule has 0 rings (SSSR count). The monoisotopic (exact) mass is 271 g/mol. The summed E-state index contributed by atoms with van der Waals surface area (Å²) >= 11 is 0. The van der Waals surface area contributed by atoms with E-state index in [4.69, 9.17) is 5.73 Å². The second kappa shape index (κ2) is 11.2. The van der Waals surface area contributed by atoms with Crippen molar-refractivity contribution in [3.63, 3.8) is 0 Å². The molecule has 4 nitrogen and oxygen atoms in total. The van der Waals surface area contributed by atoms with Crippen LogP contribution in [0.5, 0.6) is 0 Å². The first-order valence-electron chi connectivity index (χ1n) is 7.77. The van der Waals surface area contributed by atoms with Gasteiger partial charge in [-0.3, -0.25) is 4.79 Å². The van der Waals surface area contributed by atoms with E-state index in [1.54, 1.807) is 0 Å². The first kappa shape index (κ1) is 18.4. The van der Waals surface area contributed by atoms with E-state index in [9.17, 15) is 4.79 Å². The van der Waals surface area contributed by atoms with Gasteiger partial charge in [-0.15, -0.1) is 0 Å². The Morgan fingerprint density at radius 2 is 1.79 bits per heavy atom. The van der Waals surface area contributed by atoms with Crippen molar-refractivity contribution in [2.75, 3.05) is 26.2 Å². The molecule has 0 aliphatic rings. The number of hydrogen-bond acceptors (Lipinski definition) is 3. The second-order valence-electron chi connectivity index (χ2n) is 5.41. The van der Waals surface area contributed by atoms with Gasteiger partial charge in [0.25, 0.3) is 0 Å². The van der Waals surface area contributed by atoms with Crippen LogP contribution in [0.3, 0.4) is 0 Å². The van der Waals surface area contributed by atoms with Crippen molar-refractivity contribution in [3.05, 3.63) is 0 Å². The number of nitrogens with one attached hydrogen (secondary N) is 1. The summed E-state index contributed by atoms with van der Waals surface area (Å²) in [5.74, 6) is 0.248. The van der Waals surface area contributed by atoms with Gasteiger partial charge in [0.2, 0.25) is 5.91 Å². The maximum absolute atomic E-state index is 11.9. The van der Waals surface area contributed by atoms with Crippen molar-refractivity contribution >= 4 is 5.91 Å². The van der Waals surface area contributed by atoms with E-state index < -0.39 is 0 Å². The number of carbonyl (C=O) groups is 1. The molecule has 4 heteroatoms. The number of nitrogens with two attached hydrogens (primary N) is 1. The van der Waals surface area contributed by atoms with Gasteiger partial charge in [-0.1, -0.05) is 20.8 Å². The molecular weight excluding hydrogens is 238 g/mol. The van der Waals surface area contributed by atoms with Gasteiger partial charge in [0.1, 0.15) is 0 Å². The second-order valence-corrected chi connectivity index (χ2v) is 5.41. The average Bonchev–Trinajstić information content (AvgIpc) is 2.40. The summed E-state index contributed by atoms with van der Waals surface area (Å²) in [6, 6.07) is 0.267. The van der Waals surface area contributed by atoms with Gasteiger partial charge in [-0.05, 0) is 58.8 Å². The lowest BCUT2D eigenvalue weighted by molar-refractivity contribution is -0.125. The standard InChI is InChI=1S/C15H33N3O/c1-5-18(6-2)12-8-10-14(4)17-15(19)13(3)9-7-11-16/h13-14H,5-12,16H2,1-4H3,(H,17,19). The van der Waals surface area contributed by atoms with Crippen molar-refractivity contribution in [1.29, 1.82) is 0 Å². The van der Waals surface area contributed by atoms with Crippen LogP contribution in [0.4, 0.5) is 0 Å². The molecule has 0 fully saturated rings. The van der Waals surface area contributed by atoms with E-state index in [1.807, 2.05) is 6.92 Å². The Balaban J connectivity index is 3.78. The summed E-state index contributed by atoms with van der Waals surface area (Å²) in [5, 5.41) is 3.10. The zero-order valence-corrected chi connectivity index (χ0v) is 13.2. The van der Waals surface area contributed by atoms with Gasteiger partial charge in [0, 0.05) is 12.0 Å². The number of rotatable bonds is 11. The Morgan fingerprint density at radius 1 is 1.16 bits per heavy atom. The van der Waals surface area contributed by atoms with Crippen molar-refractivity contribution in [2.45, 2.75) is 59.4 Å². The number of nitrogens with zero attached hydrogens (tertiary/aromatic N) is 1. The fraction of sp³-hybridized carbons (Fsp3) is 0.933. The lowest BCUT2D eigenvalue weighted by Gasteiger charge is -2.21. The number of amides is 1. The van der Waals surface area contributed by atoms with E-state index in [2.05, 4.69) is 31.0 Å². The molecule has 2 unspecified atom stereocenters. The van der Waals surface area contributed by atoms with E-state index in [1.165, 1.54) is 0 Å². The molecule has 2 atom stereocenters. The predicted molar refractivity (Wildman–Crippen MR) is 82.1 cm³/mol. The molecule has 114 valence electrons. The van der Waals surface area contributed by atoms with Crippen LogP contribution < -0.4 is 11.1 Å². The zero-order valence-electron chi connectivity index (χ0n) is 13.2. The molecule has 0 radical (unpaired) electrons. The van der Waals surface area contributed by atoms with Gasteiger partial charge in [-0.2, -0.15) is 0 Å². The molecule has 0 saturated carbocycles. The summed E-state index contributed by atoms with van der Waals surface area (Å²) in [6.07, 6.45) is 3.99. The van der Waals surface area contributed by atoms with E-state index in [0.717, 1.165) is 45.3 Å². The molecule has 0 aromatic rings. The summed E-state index contributed by atoms with van der Waals surface area (Å²) in [6.45, 7) is 12.4. The Labute approximate surface area is 119 Å². The first-order chi connectivity index (χ1) is 9.04. The molecule has 19 heavy (non-hydrogen) atoms. The summed E-state index contributed by atoms with van der Waals surface area (Å²) in [4.78, 5) is 14.3. The van der Waals surface area contributed by atoms with Crippen LogP contribution in [0.15, 0.2) is 0 Å². The van der Waals surface area contributed by atoms with Gasteiger partial charge in [-0.25, -0.2) is 0 Å². The molecule has 0 aromatic carbocycles. The largest absolute Gasteiger partial charge is 0.353 e. The van der Waals surface area contributed by atoms with Crippen molar-refractivity contribution < 1.29 is 4.79 Å². The highest BCUT2D eigenvalue weighted by molar-refractivity contribution is 5.78. The lowest BCUT2D eigenvalue weighted by Crippen LogP contribution is -2.37. The van der Waals surface area contributed by atoms with Crippen molar-refractivity contribution in [2.24, 2.45) is 11.7 Å². The van der Waals surface area contributed by atoms with Gasteiger partial charge in [0.05, 0.1) is 0 Å². The molecule has 3 N–H and O–H groups in total. The minimum absolute atomic E-state index is 0.0776. The smallest absolute Gasteiger partial charge is 0.223 e. The Morgan fingerprint density at radius 3 is 2.32 bits per heavy atom. The normalized spacial score (nSPS) is 14.4. The van der Waals surface area contributed by atoms with Gasteiger partial charge < -0.3 is 16.0 Å². The van der Waals surface area contributed by atoms with Crippen LogP contribution in [0.1, 0.15) is 53.4 Å². The molecule has 0 aliphatic carbocycles. The van der Waals surface area contributed by atoms with Gasteiger partial charge >= 0.3 is 0 Å². The van der Waals surface area contributed by atoms with Crippen LogP contribution in [-0.2, 0) is 4.79 Å². The quantitative estimate of drug-likeness (QED) is 0.604. The first-order valence-corrected chi connectivity index (χ1v) is 7.77. The Kier molecular flexibility index (Phi) is 10.9. The fourth-order valence-corrected chi connectivity index (χ4v) is 2.17. The highest BCUT2D eigenvalue weighted by Gasteiger charge is 2.14. The Hall–Kier alpha value is -0.610. The molecule has 0 aliphatic heterocycles. The van der Waals surface area contributed by atoms with E-state index in [0.29, 0.717) is 6.54 Å². The van der Waals surface area contributed by atoms with E-state index >= 15 is 0 Å². The Bertz CT molecular complexity index is 229. The molecule has 0 heterocycles. The molecule has 1 amide bonds. The highest BCUT2D eigenvalue weighted by atomic mass is 16.1. The highest BCUT2D eigenvalue weighted by Crippen LogP contribution is 2.06. The van der Waals surface area contributed by atoms with Crippen molar-refractivity contribution in [3.8, 4) is 0 Å². The summed E-state index contributed by atoms with van der Waals surface area (Å²) in [7, 11) is 0. The van der Waals surface area contributed by atoms with Gasteiger partial charge in [0.15, 0.2) is 0 Å². The predicted octanol–water partition coefficient (Wildman–Crippen LogP) is 1.99. The average molecular weight is 271 g/mol. The van der Waals surface area contributed by atoms with Crippen LogP contribution in [0.25, 0.3) is 0 Å². The minimum atomic E-state index is 0.0776. The topological polar surface area (TPSA) is 58.4 Å². The number of hydrogen-bond donors (Lipinski definition) is 2. The fourth-order valence-electron chi connectivity index (χ4n) is 2.17. The van der Waals surface area contributed by atoms with Crippen LogP contribution in [0.2, 0.25) is 0 Å². The molecular formula is C15H33N3O. The minimum Gasteiger partial charge on any atom is -0.353 e. The third-order valence-electron chi connectivity index (χ3n) is 3.68. The van der Waals surface area contributed by atoms with Crippen LogP contribution in [-0.4, -0.2) is 43.0 Å². The molecule has 0 saturated heterocycles. The summed E-state index contributed by atoms with van der Waals surface area (Å²) in [5.41, 5.74) is 5.46. The molecule has 0 spiro atoms. The van der Waals surface area contributed by atoms with Crippen molar-refractivity contribution in [1.82, 2.24) is 10.2 Å². The molecule has 0 aromatic heterocycles. The number of carbonyl (C=O) groups excluding carboxylic acids is 1. The maximum atomic E-state index is 11.9. The zero-order chi connectivity index (χ0) is 14.7. The maximum Gasteiger partial charge on any atom is 0.223 e. The van der Waals surface area contributed by atoms with E-state index in [-0.39, 0.29) is 17.9 Å². The third-order valence-corrected chi connectivity index (χ3v) is 3.68. The van der Waals surface area contributed by atoms with Crippen LogP contribution >= 0.6 is 0 Å². The van der Waals surface area contributed by atoms with Crippen LogP contribution in [0, 0.1) is 5.92 Å². The lowest BCUT2D eigenvalue weighted by atomic mass is 10.0. The molecule has 0 bridgehead atoms. The summed E-state index contributed by atoms with van der Waals surface area (Å²) < 4.78 is 0. The third kappa shape index (κ3) is 9.00. The SMILES string of the molecule is CCN(CC)CCCC(C)NC(=O)C(C)CCCN.